The monoisotopic (exact) mass is 567 g/mol. The molecule has 0 saturated carbocycles. The fraction of sp³-hybridized carbons (Fsp3) is 0.344. The van der Waals surface area contributed by atoms with E-state index < -0.39 is 24.2 Å². The molecule has 0 spiro atoms. The lowest BCUT2D eigenvalue weighted by atomic mass is 9.99. The summed E-state index contributed by atoms with van der Waals surface area (Å²) in [5.74, 6) is -1.17. The largest absolute Gasteiger partial charge is 0.425 e. The van der Waals surface area contributed by atoms with Gasteiger partial charge in [-0.1, -0.05) is 68.5 Å². The molecule has 0 N–H and O–H groups in total. The van der Waals surface area contributed by atoms with Gasteiger partial charge in [-0.25, -0.2) is 14.1 Å². The van der Waals surface area contributed by atoms with Crippen LogP contribution in [0.1, 0.15) is 79.4 Å². The average Bonchev–Trinajstić information content (AvgIpc) is 2.90. The molecule has 40 heavy (non-hydrogen) atoms. The maximum atomic E-state index is 13.9. The van der Waals surface area contributed by atoms with Crippen LogP contribution in [-0.2, 0) is 14.3 Å². The molecule has 3 rings (SSSR count). The quantitative estimate of drug-likeness (QED) is 0.0945. The minimum atomic E-state index is -1.16. The molecule has 1 atom stereocenters. The number of carbonyl (C=O) groups excluding carboxylic acids is 3. The number of benzene rings is 3. The van der Waals surface area contributed by atoms with Gasteiger partial charge in [-0.15, -0.1) is 0 Å². The Kier molecular flexibility index (Phi) is 11.3. The summed E-state index contributed by atoms with van der Waals surface area (Å²) in [7, 11) is 0. The number of anilines is 2. The van der Waals surface area contributed by atoms with Crippen molar-refractivity contribution < 1.29 is 28.2 Å². The number of carbonyl (C=O) groups is 3. The predicted molar refractivity (Wildman–Crippen MR) is 155 cm³/mol. The van der Waals surface area contributed by atoms with E-state index in [0.717, 1.165) is 31.2 Å². The molecule has 1 amide bonds. The molecule has 0 aliphatic heterocycles. The molecule has 6 nitrogen and oxygen atoms in total. The summed E-state index contributed by atoms with van der Waals surface area (Å²) in [6.45, 7) is 7.07. The van der Waals surface area contributed by atoms with E-state index in [9.17, 15) is 18.8 Å². The van der Waals surface area contributed by atoms with Gasteiger partial charge in [0.15, 0.2) is 5.78 Å². The summed E-state index contributed by atoms with van der Waals surface area (Å²) in [6, 6.07) is 15.7. The molecule has 8 heteroatoms. The normalized spacial score (nSPS) is 11.6. The van der Waals surface area contributed by atoms with Crippen molar-refractivity contribution in [3.63, 3.8) is 0 Å². The van der Waals surface area contributed by atoms with Gasteiger partial charge in [-0.2, -0.15) is 0 Å². The van der Waals surface area contributed by atoms with Gasteiger partial charge in [0, 0.05) is 24.5 Å². The fourth-order valence-electron chi connectivity index (χ4n) is 4.35. The number of halogens is 2. The van der Waals surface area contributed by atoms with Crippen LogP contribution >= 0.6 is 11.6 Å². The van der Waals surface area contributed by atoms with Gasteiger partial charge in [0.05, 0.1) is 16.4 Å². The molecular formula is C32H35ClFNO5. The maximum absolute atomic E-state index is 13.9. The number of unbranched alkanes of at least 4 members (excludes halogenated alkanes) is 4. The number of aryl methyl sites for hydroxylation is 2. The molecule has 0 fully saturated rings. The number of esters is 1. The minimum absolute atomic E-state index is 0.130. The number of nitrogens with zero attached hydrogens (tertiary/aromatic N) is 1. The molecule has 1 unspecified atom stereocenters. The lowest BCUT2D eigenvalue weighted by molar-refractivity contribution is -0.164. The molecule has 0 bridgehead atoms. The first-order valence-electron chi connectivity index (χ1n) is 13.5. The molecule has 0 aliphatic carbocycles. The zero-order valence-corrected chi connectivity index (χ0v) is 24.1. The molecule has 0 heterocycles. The predicted octanol–water partition coefficient (Wildman–Crippen LogP) is 8.85. The standard InChI is InChI=1S/C32H35ClFNO5/c1-5-6-7-8-9-14-30(36)39-23(4)40-32(38)35(29-18-15-24(34)19-22(29)3)25-16-17-27(28(33)20-25)31(37)26-13-11-10-12-21(26)2/h10-13,15-20,23H,5-9,14H2,1-4H3. The van der Waals surface area contributed by atoms with E-state index >= 15 is 0 Å². The first-order chi connectivity index (χ1) is 19.1. The summed E-state index contributed by atoms with van der Waals surface area (Å²) in [6.07, 6.45) is 3.13. The van der Waals surface area contributed by atoms with Crippen LogP contribution in [0.4, 0.5) is 20.6 Å². The van der Waals surface area contributed by atoms with Crippen LogP contribution in [0.25, 0.3) is 0 Å². The summed E-state index contributed by atoms with van der Waals surface area (Å²) in [5.41, 5.74) is 2.69. The Hall–Kier alpha value is -3.71. The first kappa shape index (κ1) is 30.8. The van der Waals surface area contributed by atoms with Crippen LogP contribution in [0.15, 0.2) is 60.7 Å². The highest BCUT2D eigenvalue weighted by molar-refractivity contribution is 6.35. The number of hydrogen-bond donors (Lipinski definition) is 0. The molecular weight excluding hydrogens is 533 g/mol. The third-order valence-corrected chi connectivity index (χ3v) is 6.79. The van der Waals surface area contributed by atoms with Crippen LogP contribution in [0.5, 0.6) is 0 Å². The highest BCUT2D eigenvalue weighted by atomic mass is 35.5. The summed E-state index contributed by atoms with van der Waals surface area (Å²) >= 11 is 6.55. The Labute approximate surface area is 240 Å². The highest BCUT2D eigenvalue weighted by Crippen LogP contribution is 2.34. The summed E-state index contributed by atoms with van der Waals surface area (Å²) in [4.78, 5) is 40.0. The van der Waals surface area contributed by atoms with Crippen LogP contribution in [0.3, 0.4) is 0 Å². The van der Waals surface area contributed by atoms with E-state index in [4.69, 9.17) is 21.1 Å². The number of rotatable bonds is 12. The zero-order valence-electron chi connectivity index (χ0n) is 23.3. The second-order valence-electron chi connectivity index (χ2n) is 9.68. The lowest BCUT2D eigenvalue weighted by Gasteiger charge is -2.26. The third kappa shape index (κ3) is 8.15. The van der Waals surface area contributed by atoms with E-state index in [-0.39, 0.29) is 22.8 Å². The molecule has 0 saturated heterocycles. The number of ketones is 1. The smallest absolute Gasteiger partial charge is 0.422 e. The fourth-order valence-corrected chi connectivity index (χ4v) is 4.61. The Morgan fingerprint density at radius 2 is 1.60 bits per heavy atom. The second-order valence-corrected chi connectivity index (χ2v) is 10.1. The van der Waals surface area contributed by atoms with Gasteiger partial charge in [-0.05, 0) is 67.8 Å². The molecule has 0 aliphatic rings. The van der Waals surface area contributed by atoms with Gasteiger partial charge in [-0.3, -0.25) is 9.59 Å². The molecule has 3 aromatic rings. The number of hydrogen-bond acceptors (Lipinski definition) is 5. The van der Waals surface area contributed by atoms with Crippen molar-refractivity contribution >= 4 is 40.8 Å². The number of ether oxygens (including phenoxy) is 2. The Morgan fingerprint density at radius 3 is 2.27 bits per heavy atom. The van der Waals surface area contributed by atoms with E-state index in [1.807, 2.05) is 19.1 Å². The van der Waals surface area contributed by atoms with E-state index in [0.29, 0.717) is 28.9 Å². The first-order valence-corrected chi connectivity index (χ1v) is 13.9. The van der Waals surface area contributed by atoms with Crippen LogP contribution < -0.4 is 4.90 Å². The van der Waals surface area contributed by atoms with Crippen LogP contribution in [0.2, 0.25) is 5.02 Å². The zero-order chi connectivity index (χ0) is 29.2. The van der Waals surface area contributed by atoms with Crippen molar-refractivity contribution in [2.45, 2.75) is 72.5 Å². The molecule has 212 valence electrons. The van der Waals surface area contributed by atoms with Gasteiger partial charge in [0.25, 0.3) is 0 Å². The van der Waals surface area contributed by atoms with Crippen molar-refractivity contribution in [1.29, 1.82) is 0 Å². The van der Waals surface area contributed by atoms with Crippen molar-refractivity contribution in [1.82, 2.24) is 0 Å². The van der Waals surface area contributed by atoms with Gasteiger partial charge in [0.1, 0.15) is 5.82 Å². The lowest BCUT2D eigenvalue weighted by Crippen LogP contribution is -2.32. The Bertz CT molecular complexity index is 1360. The van der Waals surface area contributed by atoms with Crippen molar-refractivity contribution in [3.8, 4) is 0 Å². The van der Waals surface area contributed by atoms with E-state index in [2.05, 4.69) is 6.92 Å². The highest BCUT2D eigenvalue weighted by Gasteiger charge is 2.26. The molecule has 0 radical (unpaired) electrons. The van der Waals surface area contributed by atoms with Crippen molar-refractivity contribution in [2.24, 2.45) is 0 Å². The van der Waals surface area contributed by atoms with E-state index in [1.54, 1.807) is 25.1 Å². The minimum Gasteiger partial charge on any atom is -0.425 e. The summed E-state index contributed by atoms with van der Waals surface area (Å²) < 4.78 is 24.6. The third-order valence-electron chi connectivity index (χ3n) is 6.48. The Balaban J connectivity index is 1.83. The topological polar surface area (TPSA) is 72.9 Å². The van der Waals surface area contributed by atoms with Crippen molar-refractivity contribution in [3.05, 3.63) is 93.8 Å². The SMILES string of the molecule is CCCCCCCC(=O)OC(C)OC(=O)N(c1ccc(C(=O)c2ccccc2C)c(Cl)c1)c1ccc(F)cc1C. The average molecular weight is 568 g/mol. The molecule has 3 aromatic carbocycles. The van der Waals surface area contributed by atoms with Gasteiger partial charge >= 0.3 is 12.1 Å². The van der Waals surface area contributed by atoms with Crippen LogP contribution in [0, 0.1) is 19.7 Å². The van der Waals surface area contributed by atoms with Crippen molar-refractivity contribution in [2.75, 3.05) is 4.90 Å². The van der Waals surface area contributed by atoms with Gasteiger partial charge < -0.3 is 9.47 Å². The maximum Gasteiger partial charge on any atom is 0.422 e. The van der Waals surface area contributed by atoms with Crippen LogP contribution in [-0.4, -0.2) is 24.1 Å². The van der Waals surface area contributed by atoms with Gasteiger partial charge in [0.2, 0.25) is 6.29 Å². The second kappa shape index (κ2) is 14.6. The van der Waals surface area contributed by atoms with E-state index in [1.165, 1.54) is 42.2 Å². The number of amides is 1. The summed E-state index contributed by atoms with van der Waals surface area (Å²) in [5, 5.41) is 0.130. The molecule has 0 aromatic heterocycles. The Morgan fingerprint density at radius 1 is 0.875 bits per heavy atom.